The van der Waals surface area contributed by atoms with Gasteiger partial charge in [-0.05, 0) is 79.9 Å². The maximum atomic E-state index is 5.55. The smallest absolute Gasteiger partial charge is 0.163 e. The van der Waals surface area contributed by atoms with Crippen LogP contribution in [0.3, 0.4) is 0 Å². The fourth-order valence-corrected chi connectivity index (χ4v) is 7.29. The molecule has 4 aliphatic carbocycles. The highest BCUT2D eigenvalue weighted by Gasteiger charge is 2.50. The van der Waals surface area contributed by atoms with Gasteiger partial charge in [0.25, 0.3) is 0 Å². The number of ether oxygens (including phenoxy) is 2. The van der Waals surface area contributed by atoms with E-state index >= 15 is 0 Å². The van der Waals surface area contributed by atoms with E-state index in [2.05, 4.69) is 28.9 Å². The van der Waals surface area contributed by atoms with E-state index in [4.69, 9.17) is 9.47 Å². The minimum Gasteiger partial charge on any atom is -0.493 e. The first-order chi connectivity index (χ1) is 13.6. The van der Waals surface area contributed by atoms with Crippen LogP contribution >= 0.6 is 0 Å². The Morgan fingerprint density at radius 3 is 2.07 bits per heavy atom. The molecule has 5 fully saturated rings. The molecule has 1 aliphatic heterocycles. The van der Waals surface area contributed by atoms with Crippen molar-refractivity contribution in [3.05, 3.63) is 23.3 Å². The summed E-state index contributed by atoms with van der Waals surface area (Å²) in [5.41, 5.74) is 2.49. The number of rotatable bonds is 5. The number of hydrogen-bond acceptors (Lipinski definition) is 4. The first-order valence-corrected chi connectivity index (χ1v) is 11.3. The lowest BCUT2D eigenvalue weighted by Crippen LogP contribution is -2.60. The highest BCUT2D eigenvalue weighted by Crippen LogP contribution is 2.55. The number of aryl methyl sites for hydroxylation is 1. The van der Waals surface area contributed by atoms with Crippen LogP contribution in [0.25, 0.3) is 0 Å². The highest BCUT2D eigenvalue weighted by atomic mass is 16.5. The van der Waals surface area contributed by atoms with Crippen LogP contribution in [-0.2, 0) is 6.54 Å². The Kier molecular flexibility index (Phi) is 5.04. The molecule has 4 saturated carbocycles. The number of benzene rings is 1. The lowest BCUT2D eigenvalue weighted by Gasteiger charge is -2.58. The topological polar surface area (TPSA) is 24.9 Å². The lowest BCUT2D eigenvalue weighted by atomic mass is 9.54. The van der Waals surface area contributed by atoms with Crippen molar-refractivity contribution in [3.63, 3.8) is 0 Å². The van der Waals surface area contributed by atoms with Gasteiger partial charge in [-0.3, -0.25) is 9.80 Å². The second-order valence-electron chi connectivity index (χ2n) is 9.88. The first kappa shape index (κ1) is 18.7. The van der Waals surface area contributed by atoms with Gasteiger partial charge in [0.2, 0.25) is 0 Å². The summed E-state index contributed by atoms with van der Waals surface area (Å²) in [4.78, 5) is 5.50. The number of piperazine rings is 1. The minimum atomic E-state index is 0.852. The van der Waals surface area contributed by atoms with Crippen molar-refractivity contribution in [1.82, 2.24) is 9.80 Å². The number of methoxy groups -OCH3 is 2. The van der Waals surface area contributed by atoms with Crippen LogP contribution in [0.5, 0.6) is 11.5 Å². The van der Waals surface area contributed by atoms with Crippen molar-refractivity contribution in [2.75, 3.05) is 40.4 Å². The third kappa shape index (κ3) is 3.33. The van der Waals surface area contributed by atoms with Crippen molar-refractivity contribution in [1.29, 1.82) is 0 Å². The van der Waals surface area contributed by atoms with Crippen LogP contribution < -0.4 is 9.47 Å². The molecule has 0 spiro atoms. The molecule has 4 bridgehead atoms. The zero-order chi connectivity index (χ0) is 19.3. The van der Waals surface area contributed by atoms with E-state index in [1.165, 1.54) is 57.4 Å². The zero-order valence-electron chi connectivity index (χ0n) is 17.8. The van der Waals surface area contributed by atoms with E-state index in [-0.39, 0.29) is 0 Å². The van der Waals surface area contributed by atoms with E-state index in [9.17, 15) is 0 Å². The van der Waals surface area contributed by atoms with Gasteiger partial charge in [-0.15, -0.1) is 0 Å². The zero-order valence-corrected chi connectivity index (χ0v) is 17.8. The van der Waals surface area contributed by atoms with E-state index in [1.807, 2.05) is 0 Å². The highest BCUT2D eigenvalue weighted by molar-refractivity contribution is 5.48. The van der Waals surface area contributed by atoms with Crippen molar-refractivity contribution in [3.8, 4) is 11.5 Å². The molecular weight excluding hydrogens is 348 g/mol. The van der Waals surface area contributed by atoms with Gasteiger partial charge in [0, 0.05) is 38.8 Å². The Morgan fingerprint density at radius 2 is 1.50 bits per heavy atom. The fraction of sp³-hybridized carbons (Fsp3) is 0.750. The summed E-state index contributed by atoms with van der Waals surface area (Å²) in [6, 6.07) is 5.31. The number of hydrogen-bond donors (Lipinski definition) is 0. The van der Waals surface area contributed by atoms with Gasteiger partial charge in [-0.1, -0.05) is 6.07 Å². The molecule has 4 heteroatoms. The Hall–Kier alpha value is -1.26. The number of nitrogens with zero attached hydrogens (tertiary/aromatic N) is 2. The van der Waals surface area contributed by atoms with E-state index in [1.54, 1.807) is 20.6 Å². The van der Waals surface area contributed by atoms with Gasteiger partial charge in [-0.25, -0.2) is 0 Å². The maximum Gasteiger partial charge on any atom is 0.163 e. The van der Waals surface area contributed by atoms with Crippen molar-refractivity contribution in [2.45, 2.75) is 51.6 Å². The molecule has 0 amide bonds. The molecule has 0 radical (unpaired) electrons. The van der Waals surface area contributed by atoms with Crippen molar-refractivity contribution < 1.29 is 9.47 Å². The van der Waals surface area contributed by atoms with Gasteiger partial charge >= 0.3 is 0 Å². The summed E-state index contributed by atoms with van der Waals surface area (Å²) >= 11 is 0. The summed E-state index contributed by atoms with van der Waals surface area (Å²) < 4.78 is 11.0. The van der Waals surface area contributed by atoms with Crippen LogP contribution in [0.1, 0.15) is 43.2 Å². The molecule has 1 heterocycles. The maximum absolute atomic E-state index is 5.55. The predicted molar refractivity (Wildman–Crippen MR) is 112 cm³/mol. The predicted octanol–water partition coefficient (Wildman–Crippen LogP) is 3.95. The molecule has 1 saturated heterocycles. The van der Waals surface area contributed by atoms with Gasteiger partial charge < -0.3 is 9.47 Å². The van der Waals surface area contributed by atoms with Crippen molar-refractivity contribution in [2.24, 2.45) is 23.7 Å². The molecule has 1 aromatic carbocycles. The molecule has 0 atom stereocenters. The van der Waals surface area contributed by atoms with Crippen LogP contribution in [0.15, 0.2) is 12.1 Å². The Morgan fingerprint density at radius 1 is 0.857 bits per heavy atom. The van der Waals surface area contributed by atoms with Gasteiger partial charge in [0.1, 0.15) is 0 Å². The van der Waals surface area contributed by atoms with E-state index < -0.39 is 0 Å². The lowest BCUT2D eigenvalue weighted by molar-refractivity contribution is -0.0769. The summed E-state index contributed by atoms with van der Waals surface area (Å²) in [6.07, 6.45) is 7.68. The minimum absolute atomic E-state index is 0.852. The molecule has 6 rings (SSSR count). The fourth-order valence-electron chi connectivity index (χ4n) is 7.29. The summed E-state index contributed by atoms with van der Waals surface area (Å²) in [5.74, 6) is 5.89. The average molecular weight is 385 g/mol. The normalized spacial score (nSPS) is 35.3. The Labute approximate surface area is 170 Å². The third-order valence-electron chi connectivity index (χ3n) is 8.14. The average Bonchev–Trinajstić information content (AvgIpc) is 2.68. The molecule has 28 heavy (non-hydrogen) atoms. The molecule has 0 aromatic heterocycles. The van der Waals surface area contributed by atoms with E-state index in [0.29, 0.717) is 0 Å². The SMILES string of the molecule is COc1cc(CN2CCN(C3C4CC5CC(C4)CC3C5)CC2)cc(C)c1OC. The second-order valence-corrected chi connectivity index (χ2v) is 9.88. The van der Waals surface area contributed by atoms with Crippen LogP contribution in [-0.4, -0.2) is 56.2 Å². The largest absolute Gasteiger partial charge is 0.493 e. The second kappa shape index (κ2) is 7.53. The quantitative estimate of drug-likeness (QED) is 0.767. The summed E-state index contributed by atoms with van der Waals surface area (Å²) in [5, 5.41) is 0. The van der Waals surface area contributed by atoms with Gasteiger partial charge in [0.05, 0.1) is 14.2 Å². The third-order valence-corrected chi connectivity index (χ3v) is 8.14. The van der Waals surface area contributed by atoms with Crippen molar-refractivity contribution >= 4 is 0 Å². The van der Waals surface area contributed by atoms with Gasteiger partial charge in [0.15, 0.2) is 11.5 Å². The standard InChI is InChI=1S/C24H36N2O2/c1-16-8-19(14-22(27-2)24(16)28-3)15-25-4-6-26(7-5-25)23-20-10-17-9-18(12-20)13-21(23)11-17/h8,14,17-18,20-21,23H,4-7,9-13,15H2,1-3H3. The van der Waals surface area contributed by atoms with Gasteiger partial charge in [-0.2, -0.15) is 0 Å². The monoisotopic (exact) mass is 384 g/mol. The molecule has 0 unspecified atom stereocenters. The molecular formula is C24H36N2O2. The Balaban J connectivity index is 1.21. The van der Waals surface area contributed by atoms with Crippen LogP contribution in [0, 0.1) is 30.6 Å². The first-order valence-electron chi connectivity index (χ1n) is 11.3. The van der Waals surface area contributed by atoms with Crippen LogP contribution in [0.4, 0.5) is 0 Å². The molecule has 5 aliphatic rings. The molecule has 0 N–H and O–H groups in total. The van der Waals surface area contributed by atoms with E-state index in [0.717, 1.165) is 53.3 Å². The molecule has 154 valence electrons. The molecule has 4 nitrogen and oxygen atoms in total. The molecule has 1 aromatic rings. The van der Waals surface area contributed by atoms with Crippen LogP contribution in [0.2, 0.25) is 0 Å². The summed E-state index contributed by atoms with van der Waals surface area (Å²) in [7, 11) is 3.44. The Bertz CT molecular complexity index is 683. The summed E-state index contributed by atoms with van der Waals surface area (Å²) in [6.45, 7) is 8.00.